The van der Waals surface area contributed by atoms with Crippen LogP contribution >= 0.6 is 0 Å². The zero-order valence-electron chi connectivity index (χ0n) is 13.2. The third kappa shape index (κ3) is 2.87. The first-order chi connectivity index (χ1) is 10.6. The molecule has 3 heterocycles. The van der Waals surface area contributed by atoms with Crippen LogP contribution in [0.15, 0.2) is 10.6 Å². The maximum Gasteiger partial charge on any atom is 0.276 e. The maximum absolute atomic E-state index is 12.5. The highest BCUT2D eigenvalue weighted by atomic mass is 16.5. The van der Waals surface area contributed by atoms with Gasteiger partial charge < -0.3 is 14.3 Å². The van der Waals surface area contributed by atoms with Gasteiger partial charge in [0, 0.05) is 44.1 Å². The molecule has 2 amide bonds. The zero-order chi connectivity index (χ0) is 15.7. The SMILES string of the molecule is CC(C)c1cc(C(=O)N2CCC(N3CCCC3=O)CC2)no1. The van der Waals surface area contributed by atoms with Gasteiger partial charge in [-0.1, -0.05) is 19.0 Å². The summed E-state index contributed by atoms with van der Waals surface area (Å²) in [5.74, 6) is 1.16. The molecule has 2 saturated heterocycles. The summed E-state index contributed by atoms with van der Waals surface area (Å²) in [6.45, 7) is 6.24. The summed E-state index contributed by atoms with van der Waals surface area (Å²) in [5.41, 5.74) is 0.388. The second-order valence-corrected chi connectivity index (χ2v) is 6.48. The van der Waals surface area contributed by atoms with Crippen molar-refractivity contribution >= 4 is 11.8 Å². The monoisotopic (exact) mass is 305 g/mol. The Hall–Kier alpha value is -1.85. The van der Waals surface area contributed by atoms with Gasteiger partial charge in [0.1, 0.15) is 5.76 Å². The van der Waals surface area contributed by atoms with Crippen LogP contribution in [0.4, 0.5) is 0 Å². The second kappa shape index (κ2) is 6.10. The van der Waals surface area contributed by atoms with Gasteiger partial charge in [-0.2, -0.15) is 0 Å². The van der Waals surface area contributed by atoms with Gasteiger partial charge in [-0.05, 0) is 19.3 Å². The Bertz CT molecular complexity index is 559. The lowest BCUT2D eigenvalue weighted by atomic mass is 10.0. The zero-order valence-corrected chi connectivity index (χ0v) is 13.2. The van der Waals surface area contributed by atoms with Crippen LogP contribution in [0.2, 0.25) is 0 Å². The number of aromatic nitrogens is 1. The molecule has 1 aromatic rings. The van der Waals surface area contributed by atoms with Gasteiger partial charge in [-0.3, -0.25) is 9.59 Å². The number of hydrogen-bond donors (Lipinski definition) is 0. The molecule has 6 heteroatoms. The summed E-state index contributed by atoms with van der Waals surface area (Å²) in [6.07, 6.45) is 3.35. The van der Waals surface area contributed by atoms with E-state index in [2.05, 4.69) is 5.16 Å². The van der Waals surface area contributed by atoms with Crippen LogP contribution in [0, 0.1) is 0 Å². The average molecular weight is 305 g/mol. The number of piperidine rings is 1. The minimum absolute atomic E-state index is 0.0677. The Kier molecular flexibility index (Phi) is 4.18. The summed E-state index contributed by atoms with van der Waals surface area (Å²) in [5, 5.41) is 3.89. The van der Waals surface area contributed by atoms with E-state index in [-0.39, 0.29) is 17.7 Å². The van der Waals surface area contributed by atoms with Crippen LogP contribution in [0.3, 0.4) is 0 Å². The van der Waals surface area contributed by atoms with E-state index in [0.717, 1.165) is 31.6 Å². The quantitative estimate of drug-likeness (QED) is 0.857. The molecule has 0 spiro atoms. The summed E-state index contributed by atoms with van der Waals surface area (Å²) in [6, 6.07) is 2.03. The number of rotatable bonds is 3. The van der Waals surface area contributed by atoms with E-state index in [1.54, 1.807) is 6.07 Å². The van der Waals surface area contributed by atoms with Crippen LogP contribution in [0.5, 0.6) is 0 Å². The molecule has 0 saturated carbocycles. The van der Waals surface area contributed by atoms with Crippen molar-refractivity contribution < 1.29 is 14.1 Å². The number of carbonyl (C=O) groups is 2. The molecule has 120 valence electrons. The average Bonchev–Trinajstić information content (AvgIpc) is 3.15. The molecule has 0 unspecified atom stereocenters. The lowest BCUT2D eigenvalue weighted by Gasteiger charge is -2.36. The first kappa shape index (κ1) is 15.1. The molecular formula is C16H23N3O3. The Morgan fingerprint density at radius 2 is 2.05 bits per heavy atom. The molecule has 6 nitrogen and oxygen atoms in total. The molecule has 22 heavy (non-hydrogen) atoms. The van der Waals surface area contributed by atoms with Crippen molar-refractivity contribution in [3.63, 3.8) is 0 Å². The van der Waals surface area contributed by atoms with E-state index in [1.807, 2.05) is 23.6 Å². The van der Waals surface area contributed by atoms with Gasteiger partial charge in [-0.15, -0.1) is 0 Å². The van der Waals surface area contributed by atoms with E-state index in [0.29, 0.717) is 31.2 Å². The standard InChI is InChI=1S/C16H23N3O3/c1-11(2)14-10-13(17-22-14)16(21)18-8-5-12(6-9-18)19-7-3-4-15(19)20/h10-12H,3-9H2,1-2H3. The molecule has 2 aliphatic rings. The van der Waals surface area contributed by atoms with Crippen molar-refractivity contribution in [2.24, 2.45) is 0 Å². The summed E-state index contributed by atoms with van der Waals surface area (Å²) in [4.78, 5) is 28.1. The number of likely N-dealkylation sites (tertiary alicyclic amines) is 2. The molecule has 1 aromatic heterocycles. The van der Waals surface area contributed by atoms with E-state index >= 15 is 0 Å². The Morgan fingerprint density at radius 3 is 2.59 bits per heavy atom. The van der Waals surface area contributed by atoms with Crippen LogP contribution in [-0.4, -0.2) is 52.4 Å². The minimum Gasteiger partial charge on any atom is -0.360 e. The van der Waals surface area contributed by atoms with E-state index in [1.165, 1.54) is 0 Å². The number of amides is 2. The van der Waals surface area contributed by atoms with Gasteiger partial charge in [0.2, 0.25) is 5.91 Å². The first-order valence-corrected chi connectivity index (χ1v) is 8.11. The molecule has 0 aliphatic carbocycles. The molecular weight excluding hydrogens is 282 g/mol. The molecule has 2 aliphatic heterocycles. The lowest BCUT2D eigenvalue weighted by Crippen LogP contribution is -2.47. The summed E-state index contributed by atoms with van der Waals surface area (Å²) >= 11 is 0. The fraction of sp³-hybridized carbons (Fsp3) is 0.688. The molecule has 0 radical (unpaired) electrons. The molecule has 0 N–H and O–H groups in total. The Morgan fingerprint density at radius 1 is 1.32 bits per heavy atom. The highest BCUT2D eigenvalue weighted by molar-refractivity contribution is 5.92. The minimum atomic E-state index is -0.0677. The Labute approximate surface area is 130 Å². The van der Waals surface area contributed by atoms with Crippen LogP contribution in [0.25, 0.3) is 0 Å². The topological polar surface area (TPSA) is 66.7 Å². The van der Waals surface area contributed by atoms with E-state index in [4.69, 9.17) is 4.52 Å². The first-order valence-electron chi connectivity index (χ1n) is 8.11. The number of carbonyl (C=O) groups excluding carboxylic acids is 2. The maximum atomic E-state index is 12.5. The second-order valence-electron chi connectivity index (χ2n) is 6.48. The van der Waals surface area contributed by atoms with Gasteiger partial charge >= 0.3 is 0 Å². The van der Waals surface area contributed by atoms with Crippen molar-refractivity contribution in [1.82, 2.24) is 15.0 Å². The smallest absolute Gasteiger partial charge is 0.276 e. The van der Waals surface area contributed by atoms with Crippen molar-refractivity contribution in [3.8, 4) is 0 Å². The van der Waals surface area contributed by atoms with Crippen molar-refractivity contribution in [3.05, 3.63) is 17.5 Å². The van der Waals surface area contributed by atoms with E-state index in [9.17, 15) is 9.59 Å². The van der Waals surface area contributed by atoms with Gasteiger partial charge in [0.15, 0.2) is 5.69 Å². The van der Waals surface area contributed by atoms with Gasteiger partial charge in [0.25, 0.3) is 5.91 Å². The Balaban J connectivity index is 1.58. The predicted octanol–water partition coefficient (Wildman–Crippen LogP) is 2.03. The molecule has 0 aromatic carbocycles. The third-order valence-corrected chi connectivity index (χ3v) is 4.62. The van der Waals surface area contributed by atoms with Gasteiger partial charge in [0.05, 0.1) is 0 Å². The van der Waals surface area contributed by atoms with Crippen molar-refractivity contribution in [2.45, 2.75) is 51.5 Å². The van der Waals surface area contributed by atoms with E-state index < -0.39 is 0 Å². The third-order valence-electron chi connectivity index (χ3n) is 4.62. The fourth-order valence-electron chi connectivity index (χ4n) is 3.26. The number of hydrogen-bond acceptors (Lipinski definition) is 4. The summed E-state index contributed by atoms with van der Waals surface area (Å²) in [7, 11) is 0. The predicted molar refractivity (Wildman–Crippen MR) is 80.5 cm³/mol. The lowest BCUT2D eigenvalue weighted by molar-refractivity contribution is -0.130. The van der Waals surface area contributed by atoms with Crippen molar-refractivity contribution in [2.75, 3.05) is 19.6 Å². The molecule has 0 atom stereocenters. The normalized spacial score (nSPS) is 20.2. The highest BCUT2D eigenvalue weighted by Crippen LogP contribution is 2.23. The molecule has 0 bridgehead atoms. The fourth-order valence-corrected chi connectivity index (χ4v) is 3.26. The van der Waals surface area contributed by atoms with Crippen LogP contribution in [0.1, 0.15) is 61.7 Å². The van der Waals surface area contributed by atoms with Crippen molar-refractivity contribution in [1.29, 1.82) is 0 Å². The molecule has 3 rings (SSSR count). The van der Waals surface area contributed by atoms with Gasteiger partial charge in [-0.25, -0.2) is 0 Å². The highest BCUT2D eigenvalue weighted by Gasteiger charge is 2.32. The molecule has 2 fully saturated rings. The van der Waals surface area contributed by atoms with Crippen LogP contribution in [-0.2, 0) is 4.79 Å². The summed E-state index contributed by atoms with van der Waals surface area (Å²) < 4.78 is 5.20. The number of nitrogens with zero attached hydrogens (tertiary/aromatic N) is 3. The van der Waals surface area contributed by atoms with Crippen LogP contribution < -0.4 is 0 Å². The largest absolute Gasteiger partial charge is 0.360 e.